The van der Waals surface area contributed by atoms with Crippen LogP contribution in [-0.2, 0) is 4.79 Å². The summed E-state index contributed by atoms with van der Waals surface area (Å²) >= 11 is 0. The second kappa shape index (κ2) is 5.79. The maximum atomic E-state index is 12.5. The van der Waals surface area contributed by atoms with Crippen LogP contribution in [0.25, 0.3) is 0 Å². The summed E-state index contributed by atoms with van der Waals surface area (Å²) < 4.78 is 0. The minimum Gasteiger partial charge on any atom is -0.341 e. The standard InChI is InChI=1S/C14H26N2O.ClH/c1-13(2)8-10-16(11-9-13)12(17)14(15)6-4-3-5-7-14;/h3-11,15H2,1-2H3;1H. The van der Waals surface area contributed by atoms with Gasteiger partial charge in [-0.1, -0.05) is 33.1 Å². The molecule has 18 heavy (non-hydrogen) atoms. The molecule has 1 aliphatic heterocycles. The second-order valence-corrected chi connectivity index (χ2v) is 6.67. The van der Waals surface area contributed by atoms with Gasteiger partial charge in [0.1, 0.15) is 0 Å². The average Bonchev–Trinajstić information content (AvgIpc) is 2.29. The Kier molecular flexibility index (Phi) is 5.07. The van der Waals surface area contributed by atoms with Crippen LogP contribution in [0.3, 0.4) is 0 Å². The van der Waals surface area contributed by atoms with Crippen molar-refractivity contribution < 1.29 is 4.79 Å². The number of rotatable bonds is 1. The van der Waals surface area contributed by atoms with E-state index in [9.17, 15) is 4.79 Å². The van der Waals surface area contributed by atoms with Crippen molar-refractivity contribution in [2.75, 3.05) is 13.1 Å². The number of halogens is 1. The first-order valence-corrected chi connectivity index (χ1v) is 7.01. The van der Waals surface area contributed by atoms with Gasteiger partial charge >= 0.3 is 0 Å². The Balaban J connectivity index is 0.00000162. The van der Waals surface area contributed by atoms with E-state index in [2.05, 4.69) is 13.8 Å². The summed E-state index contributed by atoms with van der Waals surface area (Å²) in [7, 11) is 0. The predicted octanol–water partition coefficient (Wildman–Crippen LogP) is 2.72. The Labute approximate surface area is 117 Å². The molecule has 1 saturated heterocycles. The molecule has 0 atom stereocenters. The number of carbonyl (C=O) groups excluding carboxylic acids is 1. The summed E-state index contributed by atoms with van der Waals surface area (Å²) in [6, 6.07) is 0. The molecule has 3 nitrogen and oxygen atoms in total. The third-order valence-corrected chi connectivity index (χ3v) is 4.58. The van der Waals surface area contributed by atoms with Gasteiger partial charge in [-0.15, -0.1) is 12.4 Å². The molecule has 1 saturated carbocycles. The van der Waals surface area contributed by atoms with Crippen LogP contribution in [0.1, 0.15) is 58.8 Å². The van der Waals surface area contributed by atoms with E-state index in [1.165, 1.54) is 6.42 Å². The lowest BCUT2D eigenvalue weighted by Crippen LogP contribution is -2.58. The smallest absolute Gasteiger partial charge is 0.242 e. The van der Waals surface area contributed by atoms with Gasteiger partial charge in [0.15, 0.2) is 0 Å². The highest BCUT2D eigenvalue weighted by Gasteiger charge is 2.40. The minimum atomic E-state index is -0.542. The van der Waals surface area contributed by atoms with Gasteiger partial charge in [-0.05, 0) is 31.1 Å². The number of hydrogen-bond acceptors (Lipinski definition) is 2. The van der Waals surface area contributed by atoms with E-state index in [4.69, 9.17) is 5.73 Å². The zero-order valence-electron chi connectivity index (χ0n) is 11.7. The van der Waals surface area contributed by atoms with Crippen molar-refractivity contribution in [2.45, 2.75) is 64.3 Å². The van der Waals surface area contributed by atoms with Crippen molar-refractivity contribution in [3.8, 4) is 0 Å². The molecule has 1 aliphatic carbocycles. The summed E-state index contributed by atoms with van der Waals surface area (Å²) in [4.78, 5) is 14.5. The van der Waals surface area contributed by atoms with Crippen molar-refractivity contribution in [2.24, 2.45) is 11.1 Å². The number of nitrogens with zero attached hydrogens (tertiary/aromatic N) is 1. The molecule has 4 heteroatoms. The molecule has 2 rings (SSSR count). The first kappa shape index (κ1) is 15.8. The maximum Gasteiger partial charge on any atom is 0.242 e. The lowest BCUT2D eigenvalue weighted by atomic mass is 9.79. The van der Waals surface area contributed by atoms with Gasteiger partial charge in [-0.2, -0.15) is 0 Å². The monoisotopic (exact) mass is 274 g/mol. The normalized spacial score (nSPS) is 26.3. The topological polar surface area (TPSA) is 46.3 Å². The van der Waals surface area contributed by atoms with Gasteiger partial charge in [0, 0.05) is 13.1 Å². The number of nitrogens with two attached hydrogens (primary N) is 1. The molecule has 0 aromatic heterocycles. The SMILES string of the molecule is CC1(C)CCN(C(=O)C2(N)CCCCC2)CC1.Cl. The second-order valence-electron chi connectivity index (χ2n) is 6.67. The van der Waals surface area contributed by atoms with Crippen LogP contribution in [0.4, 0.5) is 0 Å². The molecule has 106 valence electrons. The molecule has 2 fully saturated rings. The highest BCUT2D eigenvalue weighted by Crippen LogP contribution is 2.33. The molecular weight excluding hydrogens is 248 g/mol. The van der Waals surface area contributed by atoms with Gasteiger partial charge in [-0.3, -0.25) is 4.79 Å². The molecule has 1 heterocycles. The first-order chi connectivity index (χ1) is 7.93. The zero-order chi connectivity index (χ0) is 12.5. The van der Waals surface area contributed by atoms with Gasteiger partial charge in [0.05, 0.1) is 5.54 Å². The van der Waals surface area contributed by atoms with Crippen molar-refractivity contribution in [1.82, 2.24) is 4.90 Å². The fraction of sp³-hybridized carbons (Fsp3) is 0.929. The Bertz CT molecular complexity index is 288. The number of piperidine rings is 1. The summed E-state index contributed by atoms with van der Waals surface area (Å²) in [5.74, 6) is 0.215. The third kappa shape index (κ3) is 3.39. The molecule has 2 aliphatic rings. The van der Waals surface area contributed by atoms with Crippen LogP contribution >= 0.6 is 12.4 Å². The molecule has 0 aromatic rings. The fourth-order valence-electron chi connectivity index (χ4n) is 3.03. The van der Waals surface area contributed by atoms with E-state index in [1.54, 1.807) is 0 Å². The Morgan fingerprint density at radius 1 is 1.00 bits per heavy atom. The molecule has 2 N–H and O–H groups in total. The van der Waals surface area contributed by atoms with Crippen LogP contribution in [0.5, 0.6) is 0 Å². The minimum absolute atomic E-state index is 0. The zero-order valence-corrected chi connectivity index (χ0v) is 12.5. The summed E-state index contributed by atoms with van der Waals surface area (Å²) in [5, 5.41) is 0. The lowest BCUT2D eigenvalue weighted by Gasteiger charge is -2.42. The Hall–Kier alpha value is -0.280. The predicted molar refractivity (Wildman–Crippen MR) is 76.8 cm³/mol. The highest BCUT2D eigenvalue weighted by molar-refractivity contribution is 5.86. The van der Waals surface area contributed by atoms with Crippen LogP contribution in [-0.4, -0.2) is 29.4 Å². The molecule has 0 unspecified atom stereocenters. The molecule has 1 amide bonds. The van der Waals surface area contributed by atoms with E-state index < -0.39 is 5.54 Å². The van der Waals surface area contributed by atoms with E-state index in [1.807, 2.05) is 4.90 Å². The van der Waals surface area contributed by atoms with E-state index in [-0.39, 0.29) is 18.3 Å². The van der Waals surface area contributed by atoms with Crippen LogP contribution < -0.4 is 5.73 Å². The van der Waals surface area contributed by atoms with Crippen molar-refractivity contribution in [3.05, 3.63) is 0 Å². The van der Waals surface area contributed by atoms with Crippen LogP contribution in [0.15, 0.2) is 0 Å². The van der Waals surface area contributed by atoms with Gasteiger partial charge in [0.2, 0.25) is 5.91 Å². The molecule has 0 aromatic carbocycles. The van der Waals surface area contributed by atoms with Gasteiger partial charge in [0.25, 0.3) is 0 Å². The Morgan fingerprint density at radius 3 is 2.00 bits per heavy atom. The van der Waals surface area contributed by atoms with E-state index in [0.717, 1.165) is 51.6 Å². The average molecular weight is 275 g/mol. The number of amides is 1. The molecular formula is C14H27ClN2O. The third-order valence-electron chi connectivity index (χ3n) is 4.58. The fourth-order valence-corrected chi connectivity index (χ4v) is 3.03. The van der Waals surface area contributed by atoms with Crippen molar-refractivity contribution in [3.63, 3.8) is 0 Å². The number of hydrogen-bond donors (Lipinski definition) is 1. The molecule has 0 radical (unpaired) electrons. The summed E-state index contributed by atoms with van der Waals surface area (Å²) in [6.07, 6.45) is 7.43. The molecule has 0 bridgehead atoms. The van der Waals surface area contributed by atoms with Gasteiger partial charge in [-0.25, -0.2) is 0 Å². The summed E-state index contributed by atoms with van der Waals surface area (Å²) in [5.41, 5.74) is 6.16. The van der Waals surface area contributed by atoms with Crippen molar-refractivity contribution in [1.29, 1.82) is 0 Å². The van der Waals surface area contributed by atoms with Crippen LogP contribution in [0.2, 0.25) is 0 Å². The number of likely N-dealkylation sites (tertiary alicyclic amines) is 1. The van der Waals surface area contributed by atoms with E-state index in [0.29, 0.717) is 5.41 Å². The maximum absolute atomic E-state index is 12.5. The van der Waals surface area contributed by atoms with Crippen molar-refractivity contribution >= 4 is 18.3 Å². The van der Waals surface area contributed by atoms with E-state index >= 15 is 0 Å². The quantitative estimate of drug-likeness (QED) is 0.799. The summed E-state index contributed by atoms with van der Waals surface area (Å²) in [6.45, 7) is 6.36. The lowest BCUT2D eigenvalue weighted by molar-refractivity contribution is -0.140. The Morgan fingerprint density at radius 2 is 1.50 bits per heavy atom. The number of carbonyl (C=O) groups is 1. The first-order valence-electron chi connectivity index (χ1n) is 7.01. The van der Waals surface area contributed by atoms with Gasteiger partial charge < -0.3 is 10.6 Å². The largest absolute Gasteiger partial charge is 0.341 e. The highest BCUT2D eigenvalue weighted by atomic mass is 35.5. The van der Waals surface area contributed by atoms with Crippen LogP contribution in [0, 0.1) is 5.41 Å². The molecule has 0 spiro atoms.